The van der Waals surface area contributed by atoms with Crippen molar-refractivity contribution in [1.29, 1.82) is 0 Å². The van der Waals surface area contributed by atoms with E-state index >= 15 is 0 Å². The standard InChI is InChI=1S/C20H33NO3Si/c1-19(2,3)25(5,6)22-15-13-18-17-12-14-21(20(17,4)24-23-18)16-10-8-7-9-11-16/h7-11,17-18H,12-15H2,1-6H3/t17-,18?,20+/m0/s1. The fraction of sp³-hybridized carbons (Fsp3) is 0.700. The molecule has 0 amide bonds. The highest BCUT2D eigenvalue weighted by Gasteiger charge is 2.56. The molecule has 3 rings (SSSR count). The van der Waals surface area contributed by atoms with Gasteiger partial charge >= 0.3 is 0 Å². The average molecular weight is 364 g/mol. The van der Waals surface area contributed by atoms with Gasteiger partial charge in [-0.15, -0.1) is 0 Å². The third kappa shape index (κ3) is 3.52. The largest absolute Gasteiger partial charge is 0.417 e. The number of para-hydroxylation sites is 1. The molecule has 2 heterocycles. The predicted molar refractivity (Wildman–Crippen MR) is 104 cm³/mol. The van der Waals surface area contributed by atoms with Crippen LogP contribution in [0.5, 0.6) is 0 Å². The third-order valence-electron chi connectivity index (χ3n) is 6.42. The Balaban J connectivity index is 1.61. The lowest BCUT2D eigenvalue weighted by Gasteiger charge is -2.36. The van der Waals surface area contributed by atoms with E-state index in [1.165, 1.54) is 5.69 Å². The normalized spacial score (nSPS) is 29.9. The summed E-state index contributed by atoms with van der Waals surface area (Å²) in [6, 6.07) is 10.5. The molecule has 0 saturated carbocycles. The number of hydrogen-bond acceptors (Lipinski definition) is 4. The SMILES string of the molecule is CC(C)(C)[Si](C)(C)OCCC1OO[C@]2(C)[C@H]1CCN2c1ccccc1. The van der Waals surface area contributed by atoms with E-state index in [0.717, 1.165) is 26.0 Å². The predicted octanol–water partition coefficient (Wildman–Crippen LogP) is 4.97. The average Bonchev–Trinajstić information content (AvgIpc) is 3.03. The number of anilines is 1. The van der Waals surface area contributed by atoms with Crippen LogP contribution in [-0.4, -0.2) is 33.3 Å². The second-order valence-corrected chi connectivity index (χ2v) is 13.9. The summed E-state index contributed by atoms with van der Waals surface area (Å²) in [5.41, 5.74) is 0.831. The first-order valence-corrected chi connectivity index (χ1v) is 12.4. The maximum absolute atomic E-state index is 6.34. The van der Waals surface area contributed by atoms with Gasteiger partial charge in [-0.3, -0.25) is 0 Å². The molecule has 2 aliphatic heterocycles. The molecule has 1 unspecified atom stereocenters. The van der Waals surface area contributed by atoms with Crippen LogP contribution in [0.2, 0.25) is 18.1 Å². The molecule has 0 N–H and O–H groups in total. The summed E-state index contributed by atoms with van der Waals surface area (Å²) in [7, 11) is -1.70. The van der Waals surface area contributed by atoms with Crippen LogP contribution in [0.25, 0.3) is 0 Å². The van der Waals surface area contributed by atoms with Crippen molar-refractivity contribution in [2.45, 2.75) is 70.5 Å². The Labute approximate surface area is 153 Å². The van der Waals surface area contributed by atoms with Gasteiger partial charge in [0.25, 0.3) is 0 Å². The number of hydrogen-bond donors (Lipinski definition) is 0. The first kappa shape index (κ1) is 18.9. The highest BCUT2D eigenvalue weighted by molar-refractivity contribution is 6.74. The van der Waals surface area contributed by atoms with E-state index in [2.05, 4.69) is 70.0 Å². The molecule has 2 saturated heterocycles. The maximum atomic E-state index is 6.34. The molecular weight excluding hydrogens is 330 g/mol. The molecule has 1 aromatic rings. The van der Waals surface area contributed by atoms with Crippen molar-refractivity contribution < 1.29 is 14.2 Å². The van der Waals surface area contributed by atoms with Crippen molar-refractivity contribution >= 4 is 14.0 Å². The summed E-state index contributed by atoms with van der Waals surface area (Å²) in [6.07, 6.45) is 2.11. The molecular formula is C20H33NO3Si. The minimum absolute atomic E-state index is 0.114. The smallest absolute Gasteiger partial charge is 0.191 e. The van der Waals surface area contributed by atoms with Crippen LogP contribution >= 0.6 is 0 Å². The van der Waals surface area contributed by atoms with E-state index < -0.39 is 8.32 Å². The highest BCUT2D eigenvalue weighted by Crippen LogP contribution is 2.47. The van der Waals surface area contributed by atoms with Crippen molar-refractivity contribution in [3.05, 3.63) is 30.3 Å². The monoisotopic (exact) mass is 363 g/mol. The van der Waals surface area contributed by atoms with E-state index in [1.807, 2.05) is 6.07 Å². The topological polar surface area (TPSA) is 30.9 Å². The third-order valence-corrected chi connectivity index (χ3v) is 11.0. The van der Waals surface area contributed by atoms with E-state index in [4.69, 9.17) is 14.2 Å². The summed E-state index contributed by atoms with van der Waals surface area (Å²) in [5.74, 6) is 0.385. The molecule has 1 aromatic carbocycles. The maximum Gasteiger partial charge on any atom is 0.191 e. The van der Waals surface area contributed by atoms with Crippen molar-refractivity contribution in [3.63, 3.8) is 0 Å². The van der Waals surface area contributed by atoms with Crippen LogP contribution in [0.15, 0.2) is 30.3 Å². The number of nitrogens with zero attached hydrogens (tertiary/aromatic N) is 1. The van der Waals surface area contributed by atoms with Gasteiger partial charge in [0.05, 0.1) is 0 Å². The first-order chi connectivity index (χ1) is 11.7. The zero-order valence-corrected chi connectivity index (χ0v) is 17.5. The van der Waals surface area contributed by atoms with Gasteiger partial charge in [0, 0.05) is 24.8 Å². The van der Waals surface area contributed by atoms with Gasteiger partial charge in [-0.05, 0) is 50.0 Å². The molecule has 0 aliphatic carbocycles. The molecule has 2 fully saturated rings. The minimum Gasteiger partial charge on any atom is -0.417 e. The zero-order valence-electron chi connectivity index (χ0n) is 16.5. The van der Waals surface area contributed by atoms with Gasteiger partial charge in [-0.1, -0.05) is 39.0 Å². The van der Waals surface area contributed by atoms with Crippen molar-refractivity contribution in [2.24, 2.45) is 5.92 Å². The Kier molecular flexibility index (Phi) is 5.06. The molecule has 4 nitrogen and oxygen atoms in total. The molecule has 3 atom stereocenters. The van der Waals surface area contributed by atoms with Gasteiger partial charge in [0.1, 0.15) is 6.10 Å². The summed E-state index contributed by atoms with van der Waals surface area (Å²) >= 11 is 0. The molecule has 2 aliphatic rings. The van der Waals surface area contributed by atoms with Crippen LogP contribution in [0.3, 0.4) is 0 Å². The quantitative estimate of drug-likeness (QED) is 0.546. The fourth-order valence-electron chi connectivity index (χ4n) is 3.71. The lowest BCUT2D eigenvalue weighted by Crippen LogP contribution is -2.45. The molecule has 25 heavy (non-hydrogen) atoms. The van der Waals surface area contributed by atoms with E-state index in [-0.39, 0.29) is 16.9 Å². The Bertz CT molecular complexity index is 586. The van der Waals surface area contributed by atoms with Crippen LogP contribution in [0.1, 0.15) is 40.5 Å². The van der Waals surface area contributed by atoms with E-state index in [1.54, 1.807) is 0 Å². The molecule has 0 spiro atoms. The Hall–Kier alpha value is -0.883. The lowest BCUT2D eigenvalue weighted by molar-refractivity contribution is -0.322. The molecule has 5 heteroatoms. The highest BCUT2D eigenvalue weighted by atomic mass is 28.4. The molecule has 0 radical (unpaired) electrons. The minimum atomic E-state index is -1.70. The summed E-state index contributed by atoms with van der Waals surface area (Å²) in [6.45, 7) is 15.4. The Morgan fingerprint density at radius 1 is 1.24 bits per heavy atom. The zero-order chi connectivity index (χ0) is 18.3. The molecule has 0 bridgehead atoms. The van der Waals surface area contributed by atoms with Gasteiger partial charge in [-0.2, -0.15) is 0 Å². The molecule has 0 aromatic heterocycles. The molecule has 140 valence electrons. The van der Waals surface area contributed by atoms with E-state index in [0.29, 0.717) is 5.92 Å². The second kappa shape index (κ2) is 6.69. The second-order valence-electron chi connectivity index (χ2n) is 9.05. The first-order valence-electron chi connectivity index (χ1n) is 9.46. The van der Waals surface area contributed by atoms with Crippen LogP contribution in [0, 0.1) is 5.92 Å². The van der Waals surface area contributed by atoms with Gasteiger partial charge < -0.3 is 9.33 Å². The lowest BCUT2D eigenvalue weighted by atomic mass is 9.91. The van der Waals surface area contributed by atoms with Crippen molar-refractivity contribution in [1.82, 2.24) is 0 Å². The van der Waals surface area contributed by atoms with Crippen LogP contribution in [0.4, 0.5) is 5.69 Å². The summed E-state index contributed by atoms with van der Waals surface area (Å²) in [5, 5.41) is 0.242. The summed E-state index contributed by atoms with van der Waals surface area (Å²) in [4.78, 5) is 14.0. The number of fused-ring (bicyclic) bond motifs is 1. The van der Waals surface area contributed by atoms with Crippen molar-refractivity contribution in [3.8, 4) is 0 Å². The van der Waals surface area contributed by atoms with Gasteiger partial charge in [-0.25, -0.2) is 9.78 Å². The Morgan fingerprint density at radius 2 is 1.92 bits per heavy atom. The van der Waals surface area contributed by atoms with Gasteiger partial charge in [0.15, 0.2) is 14.0 Å². The number of benzene rings is 1. The summed E-state index contributed by atoms with van der Waals surface area (Å²) < 4.78 is 6.34. The van der Waals surface area contributed by atoms with E-state index in [9.17, 15) is 0 Å². The van der Waals surface area contributed by atoms with Gasteiger partial charge in [0.2, 0.25) is 0 Å². The Morgan fingerprint density at radius 3 is 2.56 bits per heavy atom. The fourth-order valence-corrected chi connectivity index (χ4v) is 4.77. The van der Waals surface area contributed by atoms with Crippen LogP contribution < -0.4 is 4.90 Å². The number of rotatable bonds is 5. The van der Waals surface area contributed by atoms with Crippen molar-refractivity contribution in [2.75, 3.05) is 18.1 Å². The van der Waals surface area contributed by atoms with Crippen LogP contribution in [-0.2, 0) is 14.2 Å².